The highest BCUT2D eigenvalue weighted by Gasteiger charge is 2.76. The summed E-state index contributed by atoms with van der Waals surface area (Å²) >= 11 is 0. The zero-order chi connectivity index (χ0) is 70.5. The lowest BCUT2D eigenvalue weighted by molar-refractivity contribution is -1.02. The Balaban J connectivity index is 0.0000000931. The molecule has 18 heteroatoms. The average Bonchev–Trinajstić information content (AvgIpc) is 1.50. The molecule has 0 bridgehead atoms. The molecule has 508 valence electrons. The van der Waals surface area contributed by atoms with Gasteiger partial charge in [0.15, 0.2) is 28.0 Å². The van der Waals surface area contributed by atoms with E-state index in [4.69, 9.17) is 23.7 Å². The van der Waals surface area contributed by atoms with Crippen molar-refractivity contribution in [1.29, 1.82) is 0 Å². The number of nitrogens with zero attached hydrogens (tertiary/aromatic N) is 14. The number of anilines is 1. The van der Waals surface area contributed by atoms with E-state index < -0.39 is 17.0 Å². The molecule has 0 saturated carbocycles. The van der Waals surface area contributed by atoms with E-state index in [1.54, 1.807) is 6.20 Å². The smallest absolute Gasteiger partial charge is 0.455 e. The number of pyridine rings is 1. The molecule has 3 spiro atoms. The van der Waals surface area contributed by atoms with Crippen molar-refractivity contribution in [3.63, 3.8) is 0 Å². The fourth-order valence-electron chi connectivity index (χ4n) is 19.1. The van der Waals surface area contributed by atoms with Crippen LogP contribution in [0.3, 0.4) is 0 Å². The van der Waals surface area contributed by atoms with E-state index in [1.807, 2.05) is 42.5 Å². The van der Waals surface area contributed by atoms with Crippen molar-refractivity contribution in [2.24, 2.45) is 0 Å². The van der Waals surface area contributed by atoms with Crippen molar-refractivity contribution < 1.29 is 41.9 Å². The monoisotopic (exact) mass is 1400 g/mol. The normalized spacial score (nSPS) is 18.6. The zero-order valence-corrected chi connectivity index (χ0v) is 57.7. The van der Waals surface area contributed by atoms with Crippen LogP contribution in [0, 0.1) is 0 Å². The molecule has 17 heterocycles. The van der Waals surface area contributed by atoms with Crippen molar-refractivity contribution in [1.82, 2.24) is 38.4 Å². The summed E-state index contributed by atoms with van der Waals surface area (Å²) in [6, 6.07) is 92.8. The zero-order valence-electron chi connectivity index (χ0n) is 57.7. The highest BCUT2D eigenvalue weighted by atomic mass is 16.5. The van der Waals surface area contributed by atoms with Gasteiger partial charge in [0.1, 0.15) is 68.3 Å². The average molecular weight is 1400 g/mol. The first-order valence-corrected chi connectivity index (χ1v) is 36.3. The minimum atomic E-state index is -0.597. The summed E-state index contributed by atoms with van der Waals surface area (Å²) in [7, 11) is 2.14. The standard InChI is InChI=1S/C31H22N5O.C31H20N4O.C28H17N5O2/c1-33-17-18-34-25-10-5-11-27-29(25)31(30(33)34)35-24(9-6-12-28(35)37-27)26-19-23(32-36(26)31)22-15-13-21(14-16-22)20-7-3-2-4-8-20;1-2-7-21(8-3-1)22-13-15-23(16-14-22)24-19-33-26-10-5-12-28-30(26)31(35(33)20-24)29-25(9-4-11-27(29)36-28)32-17-6-18-34(31)32;1-2-7-18(8-3-1)27-29-15-24(35-27)19-16-31-21-10-5-12-23-26(21)28(33(31)17-19)25-20(9-4-11-22(25)34-23)30-13-6-14-32(28)30/h2-19,30H,1H3;1-20H;1-17H/q+1;2*+2. The summed E-state index contributed by atoms with van der Waals surface area (Å²) in [6.07, 6.45) is 23.4. The number of hydrogen-bond acceptors (Lipinski definition) is 8. The Labute approximate surface area is 616 Å². The van der Waals surface area contributed by atoms with Gasteiger partial charge in [-0.15, -0.1) is 23.3 Å². The van der Waals surface area contributed by atoms with Gasteiger partial charge in [0, 0.05) is 48.8 Å². The van der Waals surface area contributed by atoms with Crippen LogP contribution in [0.15, 0.2) is 340 Å². The van der Waals surface area contributed by atoms with Crippen molar-refractivity contribution in [2.75, 3.05) is 11.9 Å². The number of fused-ring (bicyclic) bond motifs is 12. The molecule has 0 radical (unpaired) electrons. The van der Waals surface area contributed by atoms with Gasteiger partial charge >= 0.3 is 22.9 Å². The van der Waals surface area contributed by atoms with E-state index in [2.05, 4.69) is 355 Å². The minimum Gasteiger partial charge on any atom is -0.455 e. The molecule has 0 amide bonds. The van der Waals surface area contributed by atoms with Gasteiger partial charge in [-0.3, -0.25) is 0 Å². The molecule has 0 fully saturated rings. The van der Waals surface area contributed by atoms with Crippen LogP contribution in [-0.2, 0) is 17.0 Å². The van der Waals surface area contributed by atoms with Gasteiger partial charge in [0.2, 0.25) is 42.5 Å². The summed E-state index contributed by atoms with van der Waals surface area (Å²) in [5, 5.41) is 5.33. The number of oxazole rings is 1. The van der Waals surface area contributed by atoms with E-state index in [0.29, 0.717) is 5.89 Å². The molecular weight excluding hydrogens is 1340 g/mol. The van der Waals surface area contributed by atoms with Crippen LogP contribution in [0.1, 0.15) is 27.8 Å². The van der Waals surface area contributed by atoms with Gasteiger partial charge in [0.05, 0.1) is 54.0 Å². The van der Waals surface area contributed by atoms with E-state index in [9.17, 15) is 0 Å². The quantitative estimate of drug-likeness (QED) is 0.151. The molecule has 0 saturated heterocycles. The second-order valence-electron chi connectivity index (χ2n) is 28.7. The Morgan fingerprint density at radius 3 is 1.41 bits per heavy atom. The van der Waals surface area contributed by atoms with Crippen LogP contribution in [-0.4, -0.2) is 51.6 Å². The fraction of sp³-hybridized carbons (Fsp3) is 0.0556. The minimum absolute atomic E-state index is 0.00640. The number of ether oxygens (including phenoxy) is 3. The second kappa shape index (κ2) is 20.6. The van der Waals surface area contributed by atoms with Gasteiger partial charge in [-0.2, -0.15) is 9.78 Å². The van der Waals surface area contributed by atoms with Crippen LogP contribution < -0.4 is 42.4 Å². The van der Waals surface area contributed by atoms with Crippen molar-refractivity contribution >= 4 is 5.69 Å². The van der Waals surface area contributed by atoms with Gasteiger partial charge in [-0.05, 0) is 131 Å². The maximum Gasteiger partial charge on any atom is 0.469 e. The Bertz CT molecular complexity index is 6790. The summed E-state index contributed by atoms with van der Waals surface area (Å²) in [4.78, 5) is 9.19. The lowest BCUT2D eigenvalue weighted by Crippen LogP contribution is -2.74. The van der Waals surface area contributed by atoms with Crippen molar-refractivity contribution in [3.05, 3.63) is 363 Å². The van der Waals surface area contributed by atoms with Gasteiger partial charge in [-0.25, -0.2) is 4.98 Å². The highest BCUT2D eigenvalue weighted by Crippen LogP contribution is 2.60. The molecule has 10 aliphatic rings. The van der Waals surface area contributed by atoms with E-state index in [1.165, 1.54) is 44.5 Å². The summed E-state index contributed by atoms with van der Waals surface area (Å²) in [5.41, 5.74) is 23.2. The van der Waals surface area contributed by atoms with Crippen molar-refractivity contribution in [2.45, 2.75) is 23.2 Å². The van der Waals surface area contributed by atoms with Crippen molar-refractivity contribution in [3.8, 4) is 136 Å². The third-order valence-electron chi connectivity index (χ3n) is 23.4. The molecule has 27 rings (SSSR count). The first-order valence-electron chi connectivity index (χ1n) is 36.3. The number of hydrogen-bond donors (Lipinski definition) is 0. The molecular formula is C90H59N14O4+5. The molecule has 10 aliphatic heterocycles. The third kappa shape index (κ3) is 7.13. The van der Waals surface area contributed by atoms with Crippen LogP contribution in [0.4, 0.5) is 5.69 Å². The Morgan fingerprint density at radius 1 is 0.389 bits per heavy atom. The number of benzene rings is 10. The predicted molar refractivity (Wildman–Crippen MR) is 400 cm³/mol. The van der Waals surface area contributed by atoms with E-state index in [0.717, 1.165) is 119 Å². The molecule has 0 aliphatic carbocycles. The van der Waals surface area contributed by atoms with Crippen LogP contribution in [0.2, 0.25) is 0 Å². The predicted octanol–water partition coefficient (Wildman–Crippen LogP) is 14.8. The van der Waals surface area contributed by atoms with Crippen LogP contribution >= 0.6 is 0 Å². The third-order valence-corrected chi connectivity index (χ3v) is 23.4. The number of aromatic nitrogens is 12. The molecule has 18 nitrogen and oxygen atoms in total. The van der Waals surface area contributed by atoms with E-state index >= 15 is 0 Å². The molecule has 0 N–H and O–H groups in total. The van der Waals surface area contributed by atoms with Gasteiger partial charge in [0.25, 0.3) is 0 Å². The summed E-state index contributed by atoms with van der Waals surface area (Å²) in [5.74, 6) is 6.63. The molecule has 10 aromatic carbocycles. The molecule has 17 aromatic rings. The summed E-state index contributed by atoms with van der Waals surface area (Å²) < 4.78 is 48.4. The lowest BCUT2D eigenvalue weighted by atomic mass is 9.87. The van der Waals surface area contributed by atoms with Gasteiger partial charge in [-0.1, -0.05) is 158 Å². The molecule has 4 unspecified atom stereocenters. The molecule has 4 atom stereocenters. The number of rotatable bonds is 6. The van der Waals surface area contributed by atoms with E-state index in [-0.39, 0.29) is 6.17 Å². The number of likely N-dealkylation sites (N-methyl/N-ethyl adjacent to an activating group) is 1. The fourth-order valence-corrected chi connectivity index (χ4v) is 19.1. The Kier molecular flexibility index (Phi) is 11.0. The largest absolute Gasteiger partial charge is 0.469 e. The topological polar surface area (TPSA) is 117 Å². The molecule has 7 aromatic heterocycles. The van der Waals surface area contributed by atoms with Crippen LogP contribution in [0.25, 0.3) is 102 Å². The summed E-state index contributed by atoms with van der Waals surface area (Å²) in [6.45, 7) is 0. The first kappa shape index (κ1) is 57.8. The van der Waals surface area contributed by atoms with Crippen LogP contribution in [0.5, 0.6) is 34.6 Å². The first-order chi connectivity index (χ1) is 53.4. The SMILES string of the molecule is CN1C=CN2c3cccc4c3C3(C12)n1nc(-c2ccc(-c5ccccc5)cc2)cc1-c1cccc([n+]13)O4.c1ccc(-c2ccc(-c3cn4[n+](c3)C35c6c(cccc6-n6ccc[n+]63)Oc3cccc-4c35)cc2)cc1.c1ccc(-c2ncc(-c3cn4[n+](c3)C35c6c(cccc6-n6ccc[n+]63)Oc3cccc-4c35)o2)cc1. The highest BCUT2D eigenvalue weighted by molar-refractivity contribution is 5.79. The second-order valence-corrected chi connectivity index (χ2v) is 28.7. The maximum absolute atomic E-state index is 6.48. The Morgan fingerprint density at radius 2 is 0.852 bits per heavy atom. The van der Waals surface area contributed by atoms with Gasteiger partial charge < -0.3 is 28.4 Å². The lowest BCUT2D eigenvalue weighted by Gasteiger charge is -2.35. The Hall–Kier alpha value is -14.7. The molecule has 108 heavy (non-hydrogen) atoms. The maximum atomic E-state index is 6.48.